The van der Waals surface area contributed by atoms with Gasteiger partial charge in [0.15, 0.2) is 0 Å². The number of carbonyl (C=O) groups excluding carboxylic acids is 1. The van der Waals surface area contributed by atoms with Gasteiger partial charge in [-0.15, -0.1) is 0 Å². The molecule has 0 spiro atoms. The van der Waals surface area contributed by atoms with Crippen LogP contribution in [0.25, 0.3) is 0 Å². The highest BCUT2D eigenvalue weighted by atomic mass is 16.5. The van der Waals surface area contributed by atoms with Crippen molar-refractivity contribution in [3.05, 3.63) is 23.8 Å². The number of hydrogen-bond donors (Lipinski definition) is 1. The SMILES string of the molecule is CCCCOC(=O)C=C1C=CC=NC1CN. The Hall–Kier alpha value is -1.42. The molecule has 0 bridgehead atoms. The summed E-state index contributed by atoms with van der Waals surface area (Å²) in [7, 11) is 0. The van der Waals surface area contributed by atoms with Gasteiger partial charge in [0.05, 0.1) is 12.6 Å². The maximum Gasteiger partial charge on any atom is 0.331 e. The Morgan fingerprint density at radius 1 is 1.69 bits per heavy atom. The summed E-state index contributed by atoms with van der Waals surface area (Å²) in [5, 5.41) is 0. The molecule has 0 saturated heterocycles. The standard InChI is InChI=1S/C12H18N2O2/c1-2-3-7-16-12(15)8-10-5-4-6-14-11(10)9-13/h4-6,8,11H,2-3,7,9,13H2,1H3. The predicted octanol–water partition coefficient (Wildman–Crippen LogP) is 1.22. The van der Waals surface area contributed by atoms with E-state index in [1.165, 1.54) is 6.08 Å². The third-order valence-corrected chi connectivity index (χ3v) is 2.28. The van der Waals surface area contributed by atoms with E-state index in [1.54, 1.807) is 12.3 Å². The lowest BCUT2D eigenvalue weighted by Crippen LogP contribution is -2.22. The number of dihydropyridines is 1. The summed E-state index contributed by atoms with van der Waals surface area (Å²) in [6, 6.07) is -0.122. The second-order valence-electron chi connectivity index (χ2n) is 3.57. The molecule has 2 N–H and O–H groups in total. The Bertz CT molecular complexity index is 319. The van der Waals surface area contributed by atoms with Crippen molar-refractivity contribution in [1.29, 1.82) is 0 Å². The molecule has 1 heterocycles. The molecule has 16 heavy (non-hydrogen) atoms. The fraction of sp³-hybridized carbons (Fsp3) is 0.500. The van der Waals surface area contributed by atoms with Crippen molar-refractivity contribution in [2.75, 3.05) is 13.2 Å². The molecule has 0 aromatic heterocycles. The second-order valence-corrected chi connectivity index (χ2v) is 3.57. The third kappa shape index (κ3) is 3.98. The van der Waals surface area contributed by atoms with Crippen LogP contribution in [0.15, 0.2) is 28.8 Å². The van der Waals surface area contributed by atoms with Gasteiger partial charge in [-0.05, 0) is 18.1 Å². The molecular formula is C12H18N2O2. The van der Waals surface area contributed by atoms with Gasteiger partial charge in [-0.2, -0.15) is 0 Å². The third-order valence-electron chi connectivity index (χ3n) is 2.28. The van der Waals surface area contributed by atoms with Gasteiger partial charge < -0.3 is 10.5 Å². The predicted molar refractivity (Wildman–Crippen MR) is 64.4 cm³/mol. The van der Waals surface area contributed by atoms with Crippen molar-refractivity contribution < 1.29 is 9.53 Å². The van der Waals surface area contributed by atoms with E-state index < -0.39 is 0 Å². The molecule has 1 rings (SSSR count). The molecule has 1 unspecified atom stereocenters. The summed E-state index contributed by atoms with van der Waals surface area (Å²) in [6.45, 7) is 2.92. The summed E-state index contributed by atoms with van der Waals surface area (Å²) in [6.07, 6.45) is 8.70. The Labute approximate surface area is 95.9 Å². The van der Waals surface area contributed by atoms with E-state index in [1.807, 2.05) is 6.08 Å². The van der Waals surface area contributed by atoms with E-state index in [0.29, 0.717) is 13.2 Å². The van der Waals surface area contributed by atoms with Crippen LogP contribution in [0.2, 0.25) is 0 Å². The van der Waals surface area contributed by atoms with Gasteiger partial charge in [-0.1, -0.05) is 19.4 Å². The van der Waals surface area contributed by atoms with Gasteiger partial charge in [0.25, 0.3) is 0 Å². The van der Waals surface area contributed by atoms with E-state index in [2.05, 4.69) is 11.9 Å². The van der Waals surface area contributed by atoms with Crippen LogP contribution in [0.5, 0.6) is 0 Å². The molecule has 0 radical (unpaired) electrons. The van der Waals surface area contributed by atoms with Gasteiger partial charge in [-0.3, -0.25) is 4.99 Å². The molecule has 1 aliphatic heterocycles. The maximum atomic E-state index is 11.4. The Balaban J connectivity index is 2.51. The lowest BCUT2D eigenvalue weighted by atomic mass is 10.1. The van der Waals surface area contributed by atoms with Crippen molar-refractivity contribution in [1.82, 2.24) is 0 Å². The van der Waals surface area contributed by atoms with Gasteiger partial charge >= 0.3 is 5.97 Å². The largest absolute Gasteiger partial charge is 0.463 e. The first kappa shape index (κ1) is 12.6. The first-order valence-corrected chi connectivity index (χ1v) is 5.56. The number of allylic oxidation sites excluding steroid dienone is 1. The molecule has 1 atom stereocenters. The average molecular weight is 222 g/mol. The highest BCUT2D eigenvalue weighted by molar-refractivity contribution is 5.85. The Morgan fingerprint density at radius 2 is 2.50 bits per heavy atom. The summed E-state index contributed by atoms with van der Waals surface area (Å²) in [5.74, 6) is -0.316. The molecule has 1 aliphatic rings. The average Bonchev–Trinajstić information content (AvgIpc) is 2.30. The summed E-state index contributed by atoms with van der Waals surface area (Å²) >= 11 is 0. The van der Waals surface area contributed by atoms with Crippen LogP contribution in [0.1, 0.15) is 19.8 Å². The Morgan fingerprint density at radius 3 is 3.19 bits per heavy atom. The minimum atomic E-state index is -0.316. The number of esters is 1. The van der Waals surface area contributed by atoms with Crippen molar-refractivity contribution in [2.45, 2.75) is 25.8 Å². The van der Waals surface area contributed by atoms with Crippen LogP contribution in [-0.2, 0) is 9.53 Å². The summed E-state index contributed by atoms with van der Waals surface area (Å²) in [4.78, 5) is 15.6. The van der Waals surface area contributed by atoms with Crippen molar-refractivity contribution in [3.63, 3.8) is 0 Å². The lowest BCUT2D eigenvalue weighted by Gasteiger charge is -2.13. The fourth-order valence-electron chi connectivity index (χ4n) is 1.34. The number of ether oxygens (including phenoxy) is 1. The molecule has 0 amide bonds. The number of carbonyl (C=O) groups is 1. The first-order valence-electron chi connectivity index (χ1n) is 5.56. The molecule has 0 aliphatic carbocycles. The van der Waals surface area contributed by atoms with E-state index in [0.717, 1.165) is 18.4 Å². The fourth-order valence-corrected chi connectivity index (χ4v) is 1.34. The zero-order valence-corrected chi connectivity index (χ0v) is 9.56. The van der Waals surface area contributed by atoms with Gasteiger partial charge in [0.1, 0.15) is 0 Å². The van der Waals surface area contributed by atoms with Gasteiger partial charge in [0, 0.05) is 18.8 Å². The topological polar surface area (TPSA) is 64.7 Å². The number of aliphatic imine (C=N–C) groups is 1. The minimum Gasteiger partial charge on any atom is -0.463 e. The number of hydrogen-bond acceptors (Lipinski definition) is 4. The van der Waals surface area contributed by atoms with Crippen LogP contribution in [0.3, 0.4) is 0 Å². The lowest BCUT2D eigenvalue weighted by molar-refractivity contribution is -0.137. The van der Waals surface area contributed by atoms with Crippen molar-refractivity contribution in [3.8, 4) is 0 Å². The molecular weight excluding hydrogens is 204 g/mol. The summed E-state index contributed by atoms with van der Waals surface area (Å²) < 4.78 is 5.04. The van der Waals surface area contributed by atoms with Crippen LogP contribution in [0.4, 0.5) is 0 Å². The molecule has 88 valence electrons. The highest BCUT2D eigenvalue weighted by Crippen LogP contribution is 2.11. The normalized spacial score (nSPS) is 21.4. The van der Waals surface area contributed by atoms with Crippen LogP contribution >= 0.6 is 0 Å². The van der Waals surface area contributed by atoms with E-state index in [9.17, 15) is 4.79 Å². The quantitative estimate of drug-likeness (QED) is 0.432. The molecule has 0 aromatic rings. The number of nitrogens with two attached hydrogens (primary N) is 1. The molecule has 4 heteroatoms. The van der Waals surface area contributed by atoms with E-state index >= 15 is 0 Å². The number of unbranched alkanes of at least 4 members (excludes halogenated alkanes) is 1. The minimum absolute atomic E-state index is 0.122. The smallest absolute Gasteiger partial charge is 0.331 e. The number of rotatable bonds is 5. The molecule has 0 fully saturated rings. The van der Waals surface area contributed by atoms with E-state index in [-0.39, 0.29) is 12.0 Å². The highest BCUT2D eigenvalue weighted by Gasteiger charge is 2.12. The van der Waals surface area contributed by atoms with Crippen LogP contribution in [-0.4, -0.2) is 31.4 Å². The molecule has 0 saturated carbocycles. The first-order chi connectivity index (χ1) is 7.77. The van der Waals surface area contributed by atoms with Crippen LogP contribution in [0, 0.1) is 0 Å². The summed E-state index contributed by atoms with van der Waals surface area (Å²) in [5.41, 5.74) is 6.36. The molecule has 0 aromatic carbocycles. The van der Waals surface area contributed by atoms with Crippen LogP contribution < -0.4 is 5.73 Å². The maximum absolute atomic E-state index is 11.4. The van der Waals surface area contributed by atoms with E-state index in [4.69, 9.17) is 10.5 Å². The number of nitrogens with zero attached hydrogens (tertiary/aromatic N) is 1. The Kier molecular flexibility index (Phi) is 5.50. The van der Waals surface area contributed by atoms with Crippen molar-refractivity contribution in [2.24, 2.45) is 10.7 Å². The van der Waals surface area contributed by atoms with Crippen molar-refractivity contribution >= 4 is 12.2 Å². The van der Waals surface area contributed by atoms with Gasteiger partial charge in [-0.25, -0.2) is 4.79 Å². The zero-order chi connectivity index (χ0) is 11.8. The van der Waals surface area contributed by atoms with Gasteiger partial charge in [0.2, 0.25) is 0 Å². The molecule has 4 nitrogen and oxygen atoms in total. The monoisotopic (exact) mass is 222 g/mol. The second kappa shape index (κ2) is 6.95. The zero-order valence-electron chi connectivity index (χ0n) is 9.56.